The molecule has 0 heterocycles. The number of rotatable bonds is 7. The Morgan fingerprint density at radius 3 is 2.64 bits per heavy atom. The van der Waals surface area contributed by atoms with Crippen molar-refractivity contribution in [3.8, 4) is 11.5 Å². The second-order valence-corrected chi connectivity index (χ2v) is 4.83. The molecule has 9 nitrogen and oxygen atoms in total. The first-order valence-electron chi connectivity index (χ1n) is 7.13. The molecule has 2 amide bonds. The zero-order chi connectivity index (χ0) is 18.2. The Balaban J connectivity index is 2.32. The number of hydrazone groups is 1. The third kappa shape index (κ3) is 4.93. The number of carbonyl (C=O) groups is 1. The molecular weight excluding hydrogens is 328 g/mol. The zero-order valence-corrected chi connectivity index (χ0v) is 13.3. The molecule has 0 saturated carbocycles. The van der Waals surface area contributed by atoms with Crippen molar-refractivity contribution in [3.05, 3.63) is 63.7 Å². The van der Waals surface area contributed by atoms with Gasteiger partial charge < -0.3 is 15.2 Å². The van der Waals surface area contributed by atoms with Crippen LogP contribution in [-0.4, -0.2) is 24.3 Å². The Kier molecular flexibility index (Phi) is 5.88. The summed E-state index contributed by atoms with van der Waals surface area (Å²) in [7, 11) is 1.39. The summed E-state index contributed by atoms with van der Waals surface area (Å²) >= 11 is 0. The van der Waals surface area contributed by atoms with Gasteiger partial charge in [0.1, 0.15) is 6.61 Å². The van der Waals surface area contributed by atoms with Crippen LogP contribution in [0.4, 0.5) is 10.5 Å². The quantitative estimate of drug-likeness (QED) is 0.452. The molecule has 0 spiro atoms. The molecule has 2 aromatic rings. The summed E-state index contributed by atoms with van der Waals surface area (Å²) in [5.41, 5.74) is 7.68. The van der Waals surface area contributed by atoms with Gasteiger partial charge in [-0.15, -0.1) is 0 Å². The van der Waals surface area contributed by atoms with Crippen LogP contribution >= 0.6 is 0 Å². The van der Waals surface area contributed by atoms with Crippen LogP contribution < -0.4 is 20.6 Å². The highest BCUT2D eigenvalue weighted by Gasteiger charge is 2.19. The van der Waals surface area contributed by atoms with Crippen molar-refractivity contribution < 1.29 is 19.2 Å². The van der Waals surface area contributed by atoms with E-state index < -0.39 is 11.0 Å². The second-order valence-electron chi connectivity index (χ2n) is 4.83. The SMILES string of the molecule is COc1cc([N+](=O)[O-])c(C=NNC(N)=O)cc1OCc1ccccc1. The minimum Gasteiger partial charge on any atom is -0.493 e. The van der Waals surface area contributed by atoms with Crippen LogP contribution in [0.25, 0.3) is 0 Å². The molecule has 2 aromatic carbocycles. The van der Waals surface area contributed by atoms with E-state index in [-0.39, 0.29) is 23.6 Å². The standard InChI is InChI=1S/C16H16N4O5/c1-24-14-8-13(20(22)23)12(9-18-19-16(17)21)7-15(14)25-10-11-5-3-2-4-6-11/h2-9H,10H2,1H3,(H3,17,19,21). The number of methoxy groups -OCH3 is 1. The normalized spacial score (nSPS) is 10.4. The number of hydrogen-bond donors (Lipinski definition) is 2. The monoisotopic (exact) mass is 344 g/mol. The van der Waals surface area contributed by atoms with Crippen LogP contribution in [0.15, 0.2) is 47.6 Å². The Labute approximate surface area is 143 Å². The lowest BCUT2D eigenvalue weighted by molar-refractivity contribution is -0.385. The molecular formula is C16H16N4O5. The molecule has 0 aromatic heterocycles. The smallest absolute Gasteiger partial charge is 0.332 e. The third-order valence-corrected chi connectivity index (χ3v) is 3.13. The van der Waals surface area contributed by atoms with Crippen LogP contribution in [0, 0.1) is 10.1 Å². The molecule has 0 radical (unpaired) electrons. The van der Waals surface area contributed by atoms with E-state index in [4.69, 9.17) is 15.2 Å². The molecule has 3 N–H and O–H groups in total. The molecule has 2 rings (SSSR count). The van der Waals surface area contributed by atoms with Crippen LogP contribution in [-0.2, 0) is 6.61 Å². The molecule has 130 valence electrons. The first-order chi connectivity index (χ1) is 12.0. The summed E-state index contributed by atoms with van der Waals surface area (Å²) < 4.78 is 10.9. The maximum Gasteiger partial charge on any atom is 0.332 e. The van der Waals surface area contributed by atoms with Crippen LogP contribution in [0.5, 0.6) is 11.5 Å². The highest BCUT2D eigenvalue weighted by molar-refractivity contribution is 5.87. The van der Waals surface area contributed by atoms with E-state index >= 15 is 0 Å². The van der Waals surface area contributed by atoms with E-state index in [1.54, 1.807) is 0 Å². The highest BCUT2D eigenvalue weighted by Crippen LogP contribution is 2.34. The van der Waals surface area contributed by atoms with E-state index in [0.29, 0.717) is 5.75 Å². The number of nitro benzene ring substituents is 1. The summed E-state index contributed by atoms with van der Waals surface area (Å²) in [4.78, 5) is 21.3. The van der Waals surface area contributed by atoms with Crippen LogP contribution in [0.1, 0.15) is 11.1 Å². The summed E-state index contributed by atoms with van der Waals surface area (Å²) in [5.74, 6) is 0.514. The number of ether oxygens (including phenoxy) is 2. The van der Waals surface area contributed by atoms with Crippen molar-refractivity contribution in [2.75, 3.05) is 7.11 Å². The van der Waals surface area contributed by atoms with Gasteiger partial charge in [0.25, 0.3) is 5.69 Å². The Hall–Kier alpha value is -3.62. The number of carbonyl (C=O) groups excluding carboxylic acids is 1. The molecule has 9 heteroatoms. The average molecular weight is 344 g/mol. The van der Waals surface area contributed by atoms with Crippen molar-refractivity contribution in [2.45, 2.75) is 6.61 Å². The largest absolute Gasteiger partial charge is 0.493 e. The lowest BCUT2D eigenvalue weighted by Crippen LogP contribution is -2.24. The Bertz CT molecular complexity index is 793. The van der Waals surface area contributed by atoms with Crippen molar-refractivity contribution in [2.24, 2.45) is 10.8 Å². The fourth-order valence-corrected chi connectivity index (χ4v) is 2.00. The minimum absolute atomic E-state index is 0.127. The van der Waals surface area contributed by atoms with Crippen molar-refractivity contribution in [1.29, 1.82) is 0 Å². The third-order valence-electron chi connectivity index (χ3n) is 3.13. The number of hydrogen-bond acceptors (Lipinski definition) is 6. The van der Waals surface area contributed by atoms with Gasteiger partial charge in [-0.3, -0.25) is 10.1 Å². The molecule has 0 aliphatic heterocycles. The molecule has 0 aliphatic carbocycles. The molecule has 0 bridgehead atoms. The summed E-state index contributed by atoms with van der Waals surface area (Å²) in [6, 6.07) is 11.2. The van der Waals surface area contributed by atoms with E-state index in [9.17, 15) is 14.9 Å². The Morgan fingerprint density at radius 2 is 2.04 bits per heavy atom. The molecule has 0 saturated heterocycles. The lowest BCUT2D eigenvalue weighted by Gasteiger charge is -2.12. The fourth-order valence-electron chi connectivity index (χ4n) is 2.00. The number of nitro groups is 1. The summed E-state index contributed by atoms with van der Waals surface area (Å²) in [6.45, 7) is 0.255. The zero-order valence-electron chi connectivity index (χ0n) is 13.3. The van der Waals surface area contributed by atoms with E-state index in [1.165, 1.54) is 19.2 Å². The number of urea groups is 1. The van der Waals surface area contributed by atoms with Gasteiger partial charge in [0.2, 0.25) is 0 Å². The topological polar surface area (TPSA) is 129 Å². The second kappa shape index (κ2) is 8.29. The average Bonchev–Trinajstić information content (AvgIpc) is 2.60. The van der Waals surface area contributed by atoms with Gasteiger partial charge in [-0.2, -0.15) is 5.10 Å². The number of nitrogens with one attached hydrogen (secondary N) is 1. The van der Waals surface area contributed by atoms with Gasteiger partial charge in [0.05, 0.1) is 29.9 Å². The van der Waals surface area contributed by atoms with Gasteiger partial charge in [0.15, 0.2) is 11.5 Å². The van der Waals surface area contributed by atoms with Crippen molar-refractivity contribution in [3.63, 3.8) is 0 Å². The van der Waals surface area contributed by atoms with E-state index in [0.717, 1.165) is 11.8 Å². The highest BCUT2D eigenvalue weighted by atomic mass is 16.6. The number of nitrogens with zero attached hydrogens (tertiary/aromatic N) is 2. The maximum atomic E-state index is 11.2. The number of nitrogens with two attached hydrogens (primary N) is 1. The molecule has 25 heavy (non-hydrogen) atoms. The van der Waals surface area contributed by atoms with Crippen molar-refractivity contribution >= 4 is 17.9 Å². The van der Waals surface area contributed by atoms with Crippen molar-refractivity contribution in [1.82, 2.24) is 5.43 Å². The Morgan fingerprint density at radius 1 is 1.32 bits per heavy atom. The molecule has 0 aliphatic rings. The molecule has 0 unspecified atom stereocenters. The lowest BCUT2D eigenvalue weighted by atomic mass is 10.1. The minimum atomic E-state index is -0.882. The van der Waals surface area contributed by atoms with Gasteiger partial charge in [-0.25, -0.2) is 10.2 Å². The van der Waals surface area contributed by atoms with Gasteiger partial charge in [-0.1, -0.05) is 30.3 Å². The predicted molar refractivity (Wildman–Crippen MR) is 90.7 cm³/mol. The molecule has 0 atom stereocenters. The summed E-state index contributed by atoms with van der Waals surface area (Å²) in [5, 5.41) is 14.8. The first-order valence-corrected chi connectivity index (χ1v) is 7.13. The molecule has 0 fully saturated rings. The number of amides is 2. The van der Waals surface area contributed by atoms with Crippen LogP contribution in [0.3, 0.4) is 0 Å². The number of benzene rings is 2. The summed E-state index contributed by atoms with van der Waals surface area (Å²) in [6.07, 6.45) is 1.11. The predicted octanol–water partition coefficient (Wildman–Crippen LogP) is 2.18. The van der Waals surface area contributed by atoms with Gasteiger partial charge in [0, 0.05) is 0 Å². The van der Waals surface area contributed by atoms with Gasteiger partial charge >= 0.3 is 6.03 Å². The first kappa shape index (κ1) is 17.7. The fraction of sp³-hybridized carbons (Fsp3) is 0.125. The van der Waals surface area contributed by atoms with Crippen LogP contribution in [0.2, 0.25) is 0 Å². The maximum absolute atomic E-state index is 11.2. The van der Waals surface area contributed by atoms with E-state index in [2.05, 4.69) is 5.10 Å². The van der Waals surface area contributed by atoms with Gasteiger partial charge in [-0.05, 0) is 11.6 Å². The number of primary amides is 1. The van der Waals surface area contributed by atoms with E-state index in [1.807, 2.05) is 35.8 Å².